The molecule has 0 fully saturated rings. The topological polar surface area (TPSA) is 237 Å². The second-order valence-corrected chi connectivity index (χ2v) is 30.9. The van der Waals surface area contributed by atoms with E-state index in [9.17, 15) is 43.2 Å². The average molecular weight is 1350 g/mol. The van der Waals surface area contributed by atoms with Gasteiger partial charge < -0.3 is 33.8 Å². The molecule has 0 spiro atoms. The highest BCUT2D eigenvalue weighted by Gasteiger charge is 2.30. The molecule has 0 saturated heterocycles. The number of phosphoric acid groups is 2. The number of aliphatic hydroxyl groups is 1. The van der Waals surface area contributed by atoms with Gasteiger partial charge in [0.1, 0.15) is 19.3 Å². The number of unbranched alkanes of at least 4 members (excludes halogenated alkanes) is 35. The number of carbonyl (C=O) groups excluding carboxylic acids is 4. The van der Waals surface area contributed by atoms with Crippen molar-refractivity contribution in [3.63, 3.8) is 0 Å². The number of hydrogen-bond donors (Lipinski definition) is 3. The summed E-state index contributed by atoms with van der Waals surface area (Å²) in [5.41, 5.74) is 0. The number of esters is 4. The summed E-state index contributed by atoms with van der Waals surface area (Å²) in [4.78, 5) is 72.6. The summed E-state index contributed by atoms with van der Waals surface area (Å²) < 4.78 is 68.4. The van der Waals surface area contributed by atoms with Gasteiger partial charge in [0, 0.05) is 25.7 Å². The van der Waals surface area contributed by atoms with E-state index in [-0.39, 0.29) is 25.7 Å². The molecule has 0 rings (SSSR count). The molecule has 0 aromatic rings. The SMILES string of the molecule is CCC(C)CCCCCCCCCCCCCCCCC(=O)O[C@H](COC(=O)CCCCCCCCC(C)C)COP(=O)(O)OC[C@H](O)COP(=O)(O)OC[C@@H](COC(=O)CCCCCCCCCCCC(C)C)OC(=O)CCCCCCCCCCCCC(C)C. The molecule has 0 bridgehead atoms. The van der Waals surface area contributed by atoms with Gasteiger partial charge in [-0.05, 0) is 49.4 Å². The second kappa shape index (κ2) is 62.6. The first kappa shape index (κ1) is 90.1. The van der Waals surface area contributed by atoms with Crippen molar-refractivity contribution in [3.8, 4) is 0 Å². The molecule has 0 aromatic carbocycles. The molecule has 0 saturated carbocycles. The summed E-state index contributed by atoms with van der Waals surface area (Å²) in [5.74, 6) is 0.894. The number of aliphatic hydroxyl groups excluding tert-OH is 1. The molecule has 0 radical (unpaired) electrons. The lowest BCUT2D eigenvalue weighted by Gasteiger charge is -2.21. The van der Waals surface area contributed by atoms with E-state index in [0.717, 1.165) is 114 Å². The van der Waals surface area contributed by atoms with Crippen LogP contribution in [0.5, 0.6) is 0 Å². The first-order chi connectivity index (χ1) is 44.1. The highest BCUT2D eigenvalue weighted by molar-refractivity contribution is 7.47. The smallest absolute Gasteiger partial charge is 0.462 e. The fourth-order valence-electron chi connectivity index (χ4n) is 11.0. The predicted molar refractivity (Wildman–Crippen MR) is 372 cm³/mol. The zero-order valence-electron chi connectivity index (χ0n) is 60.2. The van der Waals surface area contributed by atoms with Crippen LogP contribution < -0.4 is 0 Å². The zero-order chi connectivity index (χ0) is 68.2. The molecule has 92 heavy (non-hydrogen) atoms. The third-order valence-electron chi connectivity index (χ3n) is 17.2. The Labute approximate surface area is 562 Å². The molecule has 0 heterocycles. The summed E-state index contributed by atoms with van der Waals surface area (Å²) in [7, 11) is -9.91. The Balaban J connectivity index is 5.22. The van der Waals surface area contributed by atoms with E-state index < -0.39 is 97.5 Å². The van der Waals surface area contributed by atoms with Crippen molar-refractivity contribution in [3.05, 3.63) is 0 Å². The van der Waals surface area contributed by atoms with Gasteiger partial charge in [0.15, 0.2) is 12.2 Å². The van der Waals surface area contributed by atoms with E-state index >= 15 is 0 Å². The van der Waals surface area contributed by atoms with Crippen molar-refractivity contribution < 1.29 is 80.2 Å². The molecule has 0 aromatic heterocycles. The zero-order valence-corrected chi connectivity index (χ0v) is 62.0. The first-order valence-electron chi connectivity index (χ1n) is 37.7. The minimum Gasteiger partial charge on any atom is -0.462 e. The molecule has 19 heteroatoms. The average Bonchev–Trinajstić information content (AvgIpc) is 3.54. The Hall–Kier alpha value is -1.94. The Kier molecular flexibility index (Phi) is 61.3. The Morgan fingerprint density at radius 2 is 0.522 bits per heavy atom. The Morgan fingerprint density at radius 3 is 0.772 bits per heavy atom. The number of hydrogen-bond acceptors (Lipinski definition) is 15. The van der Waals surface area contributed by atoms with E-state index in [4.69, 9.17) is 37.0 Å². The summed E-state index contributed by atoms with van der Waals surface area (Å²) in [5, 5.41) is 10.6. The van der Waals surface area contributed by atoms with Crippen molar-refractivity contribution in [2.75, 3.05) is 39.6 Å². The predicted octanol–water partition coefficient (Wildman–Crippen LogP) is 20.9. The van der Waals surface area contributed by atoms with E-state index in [1.54, 1.807) is 0 Å². The van der Waals surface area contributed by atoms with E-state index in [1.165, 1.54) is 161 Å². The molecular formula is C73H142O17P2. The van der Waals surface area contributed by atoms with Gasteiger partial charge in [0.25, 0.3) is 0 Å². The summed E-state index contributed by atoms with van der Waals surface area (Å²) in [6.45, 7) is 14.1. The minimum absolute atomic E-state index is 0.105. The normalized spacial score (nSPS) is 14.5. The van der Waals surface area contributed by atoms with Crippen LogP contribution in [0.2, 0.25) is 0 Å². The quantitative estimate of drug-likeness (QED) is 0.0222. The van der Waals surface area contributed by atoms with Gasteiger partial charge in [-0.3, -0.25) is 37.3 Å². The fraction of sp³-hybridized carbons (Fsp3) is 0.945. The maximum absolute atomic E-state index is 13.0. The third-order valence-corrected chi connectivity index (χ3v) is 19.1. The monoisotopic (exact) mass is 1350 g/mol. The van der Waals surface area contributed by atoms with Crippen molar-refractivity contribution in [1.29, 1.82) is 0 Å². The lowest BCUT2D eigenvalue weighted by atomic mass is 9.99. The van der Waals surface area contributed by atoms with E-state index in [2.05, 4.69) is 55.4 Å². The molecule has 3 unspecified atom stereocenters. The maximum atomic E-state index is 13.0. The summed E-state index contributed by atoms with van der Waals surface area (Å²) in [6.07, 6.45) is 45.9. The number of carbonyl (C=O) groups is 4. The van der Waals surface area contributed by atoms with Crippen LogP contribution in [-0.2, 0) is 65.4 Å². The molecule has 17 nitrogen and oxygen atoms in total. The van der Waals surface area contributed by atoms with Crippen LogP contribution in [0.4, 0.5) is 0 Å². The molecule has 0 amide bonds. The van der Waals surface area contributed by atoms with Crippen molar-refractivity contribution in [2.45, 2.75) is 382 Å². The van der Waals surface area contributed by atoms with E-state index in [0.29, 0.717) is 31.6 Å². The Bertz CT molecular complexity index is 1820. The second-order valence-electron chi connectivity index (χ2n) is 28.0. The highest BCUT2D eigenvalue weighted by atomic mass is 31.2. The van der Waals surface area contributed by atoms with Gasteiger partial charge in [-0.15, -0.1) is 0 Å². The summed E-state index contributed by atoms with van der Waals surface area (Å²) >= 11 is 0. The standard InChI is InChI=1S/C73H142O17P2/c1-9-66(8)52-44-36-27-21-14-12-10-11-13-15-22-29-39-47-55-72(77)90-69(60-84-71(76)54-46-38-32-31-35-43-51-65(6)7)62-88-92(81,82)86-58-67(74)57-85-91(79,80)87-61-68(59-83-70(75)53-45-37-28-24-18-20-26-34-42-50-64(4)5)89-73(78)56-48-40-30-23-17-16-19-25-33-41-49-63(2)3/h63-69,74H,9-62H2,1-8H3,(H,79,80)(H,81,82)/t66?,67-,68-,69-/m1/s1. The number of rotatable bonds is 70. The molecule has 546 valence electrons. The van der Waals surface area contributed by atoms with Crippen LogP contribution >= 0.6 is 15.6 Å². The van der Waals surface area contributed by atoms with E-state index in [1.807, 2.05) is 0 Å². The number of phosphoric ester groups is 2. The lowest BCUT2D eigenvalue weighted by molar-refractivity contribution is -0.161. The van der Waals surface area contributed by atoms with Crippen molar-refractivity contribution >= 4 is 39.5 Å². The van der Waals surface area contributed by atoms with Gasteiger partial charge in [-0.2, -0.15) is 0 Å². The van der Waals surface area contributed by atoms with Gasteiger partial charge >= 0.3 is 39.5 Å². The van der Waals surface area contributed by atoms with Crippen LogP contribution in [0.3, 0.4) is 0 Å². The minimum atomic E-state index is -4.95. The van der Waals surface area contributed by atoms with Gasteiger partial charge in [-0.25, -0.2) is 9.13 Å². The molecule has 0 aliphatic rings. The molecule has 0 aliphatic heterocycles. The van der Waals surface area contributed by atoms with Crippen LogP contribution in [0.1, 0.15) is 364 Å². The van der Waals surface area contributed by atoms with Gasteiger partial charge in [-0.1, -0.05) is 312 Å². The Morgan fingerprint density at radius 1 is 0.304 bits per heavy atom. The number of ether oxygens (including phenoxy) is 4. The van der Waals surface area contributed by atoms with Crippen molar-refractivity contribution in [1.82, 2.24) is 0 Å². The first-order valence-corrected chi connectivity index (χ1v) is 40.7. The van der Waals surface area contributed by atoms with Crippen LogP contribution in [0.15, 0.2) is 0 Å². The highest BCUT2D eigenvalue weighted by Crippen LogP contribution is 2.45. The van der Waals surface area contributed by atoms with Crippen LogP contribution in [0.25, 0.3) is 0 Å². The molecule has 3 N–H and O–H groups in total. The van der Waals surface area contributed by atoms with Crippen LogP contribution in [0, 0.1) is 23.7 Å². The van der Waals surface area contributed by atoms with Crippen LogP contribution in [-0.4, -0.2) is 96.7 Å². The van der Waals surface area contributed by atoms with Gasteiger partial charge in [0.05, 0.1) is 26.4 Å². The summed E-state index contributed by atoms with van der Waals surface area (Å²) in [6, 6.07) is 0. The maximum Gasteiger partial charge on any atom is 0.472 e. The third kappa shape index (κ3) is 65.4. The fourth-order valence-corrected chi connectivity index (χ4v) is 12.6. The van der Waals surface area contributed by atoms with Crippen molar-refractivity contribution in [2.24, 2.45) is 23.7 Å². The lowest BCUT2D eigenvalue weighted by Crippen LogP contribution is -2.30. The molecule has 0 aliphatic carbocycles. The largest absolute Gasteiger partial charge is 0.472 e. The molecule has 6 atom stereocenters. The molecular weight excluding hydrogens is 1210 g/mol. The van der Waals surface area contributed by atoms with Gasteiger partial charge in [0.2, 0.25) is 0 Å².